The summed E-state index contributed by atoms with van der Waals surface area (Å²) in [5.41, 5.74) is -0.873. The van der Waals surface area contributed by atoms with Crippen LogP contribution in [-0.2, 0) is 6.42 Å². The SMILES string of the molecule is [2H]c1c([2H])c(C)c([2H])c(OC([2H])([2H])C(O)C([2H])([2H])CC([2H])([2H])Cc2c([2H])c([2H])c(OC([2H])([2H])[2H])c(OC([2H])([2H])[2H])c2[2H])c1[2H]. The van der Waals surface area contributed by atoms with Crippen LogP contribution in [0.15, 0.2) is 42.3 Å². The molecule has 0 bridgehead atoms. The van der Waals surface area contributed by atoms with Crippen molar-refractivity contribution >= 4 is 0 Å². The zero-order chi connectivity index (χ0) is 34.5. The van der Waals surface area contributed by atoms with E-state index in [1.165, 1.54) is 6.92 Å². The Morgan fingerprint density at radius 1 is 1.16 bits per heavy atom. The largest absolute Gasteiger partial charge is 0.493 e. The van der Waals surface area contributed by atoms with Crippen LogP contribution in [0.25, 0.3) is 0 Å². The molecule has 0 saturated heterocycles. The Bertz CT molecular complexity index is 1370. The quantitative estimate of drug-likeness (QED) is 0.688. The van der Waals surface area contributed by atoms with Gasteiger partial charge in [-0.05, 0) is 61.4 Å². The molecule has 0 aliphatic carbocycles. The molecule has 0 fully saturated rings. The number of ether oxygens (including phenoxy) is 3. The Balaban J connectivity index is 2.49. The molecule has 136 valence electrons. The van der Waals surface area contributed by atoms with Gasteiger partial charge >= 0.3 is 0 Å². The average Bonchev–Trinajstić information content (AvgIpc) is 2.85. The predicted octanol–water partition coefficient (Wildman–Crippen LogP) is 4.16. The Morgan fingerprint density at radius 3 is 2.84 bits per heavy atom. The smallest absolute Gasteiger partial charge is 0.160 e. The number of hydrogen-bond donors (Lipinski definition) is 1. The minimum Gasteiger partial charge on any atom is -0.493 e. The van der Waals surface area contributed by atoms with Crippen molar-refractivity contribution in [1.29, 1.82) is 0 Å². The first-order valence-electron chi connectivity index (χ1n) is 16.5. The van der Waals surface area contributed by atoms with E-state index in [1.54, 1.807) is 0 Å². The second kappa shape index (κ2) is 9.94. The fourth-order valence-electron chi connectivity index (χ4n) is 1.62. The van der Waals surface area contributed by atoms with Gasteiger partial charge in [0.15, 0.2) is 11.5 Å². The molecule has 25 heavy (non-hydrogen) atoms. The summed E-state index contributed by atoms with van der Waals surface area (Å²) in [5, 5.41) is 10.6. The van der Waals surface area contributed by atoms with Gasteiger partial charge in [-0.2, -0.15) is 0 Å². The number of hydrogen-bond acceptors (Lipinski definition) is 4. The van der Waals surface area contributed by atoms with Crippen LogP contribution in [0.3, 0.4) is 0 Å². The zero-order valence-corrected chi connectivity index (χ0v) is 13.2. The molecule has 4 nitrogen and oxygen atoms in total. The summed E-state index contributed by atoms with van der Waals surface area (Å²) in [7, 11) is -6.57. The fraction of sp³-hybridized carbons (Fsp3) is 0.429. The third kappa shape index (κ3) is 6.31. The summed E-state index contributed by atoms with van der Waals surface area (Å²) in [6, 6.07) is -5.86. The van der Waals surface area contributed by atoms with Gasteiger partial charge in [0.2, 0.25) is 0 Å². The second-order valence-electron chi connectivity index (χ2n) is 4.60. The summed E-state index contributed by atoms with van der Waals surface area (Å²) < 4.78 is 163. The number of benzene rings is 2. The Labute approximate surface area is 177 Å². The number of aliphatic hydroxyl groups excluding tert-OH is 1. The lowest BCUT2D eigenvalue weighted by atomic mass is 10.0. The van der Waals surface area contributed by atoms with Crippen LogP contribution in [0.1, 0.15) is 56.3 Å². The minimum absolute atomic E-state index is 0.158. The molecule has 0 spiro atoms. The number of aliphatic hydroxyl groups is 1. The van der Waals surface area contributed by atoms with Crippen molar-refractivity contribution in [2.24, 2.45) is 0 Å². The van der Waals surface area contributed by atoms with Crippen LogP contribution in [-0.4, -0.2) is 31.8 Å². The number of methoxy groups -OCH3 is 2. The van der Waals surface area contributed by atoms with Crippen LogP contribution in [0.4, 0.5) is 0 Å². The lowest BCUT2D eigenvalue weighted by Gasteiger charge is -2.13. The standard InChI is InChI=1S/C21H28O4/c1-16-7-6-10-19(13-16)25-15-18(22)9-5-4-8-17-11-12-20(23-2)21(14-17)24-3/h6-7,10-14,18,22H,4-5,8-9,15H2,1-3H3/i2D3,3D3,4D2,6D,7D,9D2,10D,11D,12D,13D,14D,15D2. The highest BCUT2D eigenvalue weighted by atomic mass is 16.5. The average molecular weight is 364 g/mol. The van der Waals surface area contributed by atoms with Gasteiger partial charge in [0.25, 0.3) is 0 Å². The van der Waals surface area contributed by atoms with Crippen LogP contribution in [0.2, 0.25) is 0 Å². The summed E-state index contributed by atoms with van der Waals surface area (Å²) in [4.78, 5) is 0. The van der Waals surface area contributed by atoms with Gasteiger partial charge in [-0.1, -0.05) is 24.5 Å². The van der Waals surface area contributed by atoms with E-state index in [9.17, 15) is 5.11 Å². The lowest BCUT2D eigenvalue weighted by Crippen LogP contribution is -2.17. The highest BCUT2D eigenvalue weighted by molar-refractivity contribution is 5.42. The predicted molar refractivity (Wildman–Crippen MR) is 99.8 cm³/mol. The molecule has 2 rings (SSSR count). The van der Waals surface area contributed by atoms with Crippen molar-refractivity contribution in [3.05, 3.63) is 53.4 Å². The third-order valence-electron chi connectivity index (χ3n) is 2.72. The first-order chi connectivity index (χ1) is 19.5. The molecule has 1 unspecified atom stereocenters. The molecule has 0 aliphatic heterocycles. The van der Waals surface area contributed by atoms with E-state index in [-0.39, 0.29) is 5.56 Å². The third-order valence-corrected chi connectivity index (χ3v) is 2.72. The molecule has 2 aromatic rings. The molecule has 0 heterocycles. The summed E-state index contributed by atoms with van der Waals surface area (Å²) in [6.07, 6.45) is -11.3. The van der Waals surface area contributed by atoms with E-state index in [0.717, 1.165) is 0 Å². The maximum absolute atomic E-state index is 10.6. The van der Waals surface area contributed by atoms with Crippen molar-refractivity contribution in [2.45, 2.75) is 38.6 Å². The molecular weight excluding hydrogens is 316 g/mol. The van der Waals surface area contributed by atoms with Crippen molar-refractivity contribution in [2.75, 3.05) is 20.6 Å². The molecule has 0 aromatic heterocycles. The molecule has 4 heteroatoms. The van der Waals surface area contributed by atoms with Gasteiger partial charge < -0.3 is 19.3 Å². The van der Waals surface area contributed by atoms with Crippen LogP contribution >= 0.6 is 0 Å². The summed E-state index contributed by atoms with van der Waals surface area (Å²) >= 11 is 0. The maximum Gasteiger partial charge on any atom is 0.160 e. The van der Waals surface area contributed by atoms with Gasteiger partial charge in [0, 0.05) is 5.48 Å². The van der Waals surface area contributed by atoms with E-state index in [1.807, 2.05) is 0 Å². The van der Waals surface area contributed by atoms with Gasteiger partial charge in [-0.3, -0.25) is 0 Å². The monoisotopic (exact) mass is 363 g/mol. The molecule has 1 atom stereocenters. The lowest BCUT2D eigenvalue weighted by molar-refractivity contribution is 0.0976. The second-order valence-corrected chi connectivity index (χ2v) is 4.60. The summed E-state index contributed by atoms with van der Waals surface area (Å²) in [6.45, 7) is -2.20. The van der Waals surface area contributed by atoms with E-state index in [2.05, 4.69) is 9.47 Å². The molecule has 0 radical (unpaired) electrons. The van der Waals surface area contributed by atoms with Crippen LogP contribution in [0, 0.1) is 6.92 Å². The van der Waals surface area contributed by atoms with Gasteiger partial charge in [0.1, 0.15) is 12.3 Å². The highest BCUT2D eigenvalue weighted by Gasteiger charge is 2.07. The first-order valence-corrected chi connectivity index (χ1v) is 6.97. The van der Waals surface area contributed by atoms with Crippen molar-refractivity contribution in [1.82, 2.24) is 0 Å². The Kier molecular flexibility index (Phi) is 2.35. The zero-order valence-electron chi connectivity index (χ0n) is 32.2. The van der Waals surface area contributed by atoms with E-state index in [4.69, 9.17) is 30.8 Å². The minimum atomic E-state index is -3.43. The maximum atomic E-state index is 10.6. The van der Waals surface area contributed by atoms with E-state index in [0.29, 0.717) is 0 Å². The molecule has 1 N–H and O–H groups in total. The van der Waals surface area contributed by atoms with Gasteiger partial charge in [-0.25, -0.2) is 0 Å². The Hall–Kier alpha value is -2.20. The molecule has 0 aliphatic rings. The van der Waals surface area contributed by atoms with Gasteiger partial charge in [0.05, 0.1) is 40.7 Å². The van der Waals surface area contributed by atoms with Crippen molar-refractivity contribution in [3.63, 3.8) is 0 Å². The van der Waals surface area contributed by atoms with Crippen LogP contribution in [0.5, 0.6) is 17.2 Å². The molecule has 2 aromatic carbocycles. The normalized spacial score (nSPS) is 25.6. The van der Waals surface area contributed by atoms with E-state index < -0.39 is 117 Å². The summed E-state index contributed by atoms with van der Waals surface area (Å²) in [5.74, 6) is -3.07. The molecule has 0 saturated carbocycles. The topological polar surface area (TPSA) is 47.9 Å². The van der Waals surface area contributed by atoms with Gasteiger partial charge in [-0.15, -0.1) is 0 Å². The van der Waals surface area contributed by atoms with Crippen LogP contribution < -0.4 is 14.2 Å². The highest BCUT2D eigenvalue weighted by Crippen LogP contribution is 2.28. The first kappa shape index (κ1) is 5.92. The van der Waals surface area contributed by atoms with Crippen molar-refractivity contribution < 1.29 is 45.4 Å². The molecular formula is C21H28O4. The number of rotatable bonds is 10. The Morgan fingerprint density at radius 2 is 2.00 bits per heavy atom. The van der Waals surface area contributed by atoms with E-state index >= 15 is 0 Å². The van der Waals surface area contributed by atoms with Crippen molar-refractivity contribution in [3.8, 4) is 17.2 Å². The fourth-order valence-corrected chi connectivity index (χ4v) is 1.62. The molecule has 0 amide bonds.